The molecule has 4 heteroatoms. The maximum atomic E-state index is 13.1. The van der Waals surface area contributed by atoms with Crippen LogP contribution < -0.4 is 0 Å². The molecule has 2 rings (SSSR count). The van der Waals surface area contributed by atoms with Crippen LogP contribution in [-0.2, 0) is 6.54 Å². The quantitative estimate of drug-likeness (QED) is 0.745. The molecule has 0 saturated heterocycles. The fourth-order valence-corrected chi connectivity index (χ4v) is 1.39. The molecule has 0 radical (unpaired) electrons. The molecule has 3 nitrogen and oxygen atoms in total. The van der Waals surface area contributed by atoms with E-state index < -0.39 is 5.82 Å². The van der Waals surface area contributed by atoms with E-state index in [2.05, 4.69) is 5.10 Å². The first-order valence-corrected chi connectivity index (χ1v) is 4.45. The molecular formula is C11H8FN3. The van der Waals surface area contributed by atoms with Crippen molar-refractivity contribution in [3.05, 3.63) is 53.6 Å². The van der Waals surface area contributed by atoms with Gasteiger partial charge in [0, 0.05) is 12.4 Å². The van der Waals surface area contributed by atoms with Gasteiger partial charge < -0.3 is 0 Å². The van der Waals surface area contributed by atoms with Crippen molar-refractivity contribution in [1.82, 2.24) is 9.78 Å². The van der Waals surface area contributed by atoms with Gasteiger partial charge in [-0.1, -0.05) is 0 Å². The minimum absolute atomic E-state index is 0.331. The number of hydrogen-bond donors (Lipinski definition) is 0. The van der Waals surface area contributed by atoms with Gasteiger partial charge in [0.1, 0.15) is 5.82 Å². The van der Waals surface area contributed by atoms with E-state index in [4.69, 9.17) is 5.26 Å². The second-order valence-electron chi connectivity index (χ2n) is 3.16. The monoisotopic (exact) mass is 201 g/mol. The summed E-state index contributed by atoms with van der Waals surface area (Å²) in [5.74, 6) is -0.392. The normalized spacial score (nSPS) is 9.87. The molecule has 0 aliphatic carbocycles. The third-order valence-electron chi connectivity index (χ3n) is 1.99. The van der Waals surface area contributed by atoms with Crippen LogP contribution in [0.5, 0.6) is 0 Å². The van der Waals surface area contributed by atoms with Gasteiger partial charge in [-0.2, -0.15) is 10.4 Å². The Morgan fingerprint density at radius 1 is 1.40 bits per heavy atom. The van der Waals surface area contributed by atoms with E-state index >= 15 is 0 Å². The molecule has 0 unspecified atom stereocenters. The summed E-state index contributed by atoms with van der Waals surface area (Å²) in [6.45, 7) is 0.472. The van der Waals surface area contributed by atoms with E-state index in [1.54, 1.807) is 29.2 Å². The van der Waals surface area contributed by atoms with Crippen molar-refractivity contribution in [2.75, 3.05) is 0 Å². The lowest BCUT2D eigenvalue weighted by Crippen LogP contribution is -2.00. The highest BCUT2D eigenvalue weighted by Crippen LogP contribution is 2.09. The Morgan fingerprint density at radius 2 is 2.27 bits per heavy atom. The topological polar surface area (TPSA) is 41.6 Å². The molecule has 0 spiro atoms. The number of halogens is 1. The predicted molar refractivity (Wildman–Crippen MR) is 52.4 cm³/mol. The second kappa shape index (κ2) is 3.93. The van der Waals surface area contributed by atoms with Crippen LogP contribution in [0.4, 0.5) is 4.39 Å². The van der Waals surface area contributed by atoms with Gasteiger partial charge in [-0.25, -0.2) is 4.39 Å². The number of hydrogen-bond acceptors (Lipinski definition) is 2. The number of benzene rings is 1. The van der Waals surface area contributed by atoms with Gasteiger partial charge in [0.05, 0.1) is 18.2 Å². The minimum Gasteiger partial charge on any atom is -0.268 e. The zero-order chi connectivity index (χ0) is 10.7. The zero-order valence-electron chi connectivity index (χ0n) is 7.89. The molecule has 15 heavy (non-hydrogen) atoms. The summed E-state index contributed by atoms with van der Waals surface area (Å²) < 4.78 is 14.7. The number of nitriles is 1. The van der Waals surface area contributed by atoms with Gasteiger partial charge >= 0.3 is 0 Å². The van der Waals surface area contributed by atoms with Crippen LogP contribution in [0, 0.1) is 17.1 Å². The highest BCUT2D eigenvalue weighted by Gasteiger charge is 2.01. The van der Waals surface area contributed by atoms with Gasteiger partial charge in [0.25, 0.3) is 0 Å². The Labute approximate surface area is 86.4 Å². The predicted octanol–water partition coefficient (Wildman–Crippen LogP) is 1.94. The highest BCUT2D eigenvalue weighted by atomic mass is 19.1. The van der Waals surface area contributed by atoms with E-state index in [9.17, 15) is 4.39 Å². The Bertz CT molecular complexity index is 497. The summed E-state index contributed by atoms with van der Waals surface area (Å²) in [4.78, 5) is 0. The van der Waals surface area contributed by atoms with Crippen LogP contribution >= 0.6 is 0 Å². The molecule has 0 bridgehead atoms. The van der Waals surface area contributed by atoms with Crippen LogP contribution in [0.1, 0.15) is 11.1 Å². The largest absolute Gasteiger partial charge is 0.268 e. The van der Waals surface area contributed by atoms with Gasteiger partial charge in [-0.15, -0.1) is 0 Å². The SMILES string of the molecule is N#Cc1cc(F)cc(Cn2cccn2)c1. The van der Waals surface area contributed by atoms with Crippen molar-refractivity contribution in [1.29, 1.82) is 5.26 Å². The Morgan fingerprint density at radius 3 is 2.93 bits per heavy atom. The van der Waals surface area contributed by atoms with Crippen molar-refractivity contribution < 1.29 is 4.39 Å². The maximum Gasteiger partial charge on any atom is 0.124 e. The molecule has 1 aromatic heterocycles. The highest BCUT2D eigenvalue weighted by molar-refractivity contribution is 5.33. The van der Waals surface area contributed by atoms with Gasteiger partial charge in [-0.05, 0) is 29.8 Å². The number of rotatable bonds is 2. The fraction of sp³-hybridized carbons (Fsp3) is 0.0909. The minimum atomic E-state index is -0.392. The summed E-state index contributed by atoms with van der Waals surface area (Å²) in [5, 5.41) is 12.7. The number of aromatic nitrogens is 2. The van der Waals surface area contributed by atoms with Crippen LogP contribution in [0.3, 0.4) is 0 Å². The smallest absolute Gasteiger partial charge is 0.124 e. The summed E-state index contributed by atoms with van der Waals surface area (Å²) in [5.41, 5.74) is 1.06. The molecule has 0 fully saturated rings. The summed E-state index contributed by atoms with van der Waals surface area (Å²) in [6, 6.07) is 7.99. The van der Waals surface area contributed by atoms with E-state index in [1.807, 2.05) is 6.07 Å². The third kappa shape index (κ3) is 2.20. The summed E-state index contributed by atoms with van der Waals surface area (Å²) in [6.07, 6.45) is 3.45. The Kier molecular flexibility index (Phi) is 2.46. The molecule has 0 saturated carbocycles. The molecule has 74 valence electrons. The lowest BCUT2D eigenvalue weighted by molar-refractivity contribution is 0.618. The molecule has 1 heterocycles. The van der Waals surface area contributed by atoms with E-state index in [1.165, 1.54) is 12.1 Å². The van der Waals surface area contributed by atoms with Crippen molar-refractivity contribution >= 4 is 0 Å². The van der Waals surface area contributed by atoms with Crippen molar-refractivity contribution in [3.63, 3.8) is 0 Å². The van der Waals surface area contributed by atoms with Crippen LogP contribution in [0.25, 0.3) is 0 Å². The molecule has 0 atom stereocenters. The standard InChI is InChI=1S/C11H8FN3/c12-11-5-9(7-13)4-10(6-11)8-15-3-1-2-14-15/h1-6H,8H2. The molecular weight excluding hydrogens is 193 g/mol. The Hall–Kier alpha value is -2.15. The van der Waals surface area contributed by atoms with Crippen molar-refractivity contribution in [2.24, 2.45) is 0 Å². The zero-order valence-corrected chi connectivity index (χ0v) is 7.89. The van der Waals surface area contributed by atoms with Crippen LogP contribution in [0.2, 0.25) is 0 Å². The molecule has 0 amide bonds. The van der Waals surface area contributed by atoms with E-state index in [0.29, 0.717) is 12.1 Å². The average molecular weight is 201 g/mol. The van der Waals surface area contributed by atoms with Gasteiger partial charge in [0.2, 0.25) is 0 Å². The van der Waals surface area contributed by atoms with Crippen molar-refractivity contribution in [2.45, 2.75) is 6.54 Å². The third-order valence-corrected chi connectivity index (χ3v) is 1.99. The average Bonchev–Trinajstić information content (AvgIpc) is 2.69. The maximum absolute atomic E-state index is 13.1. The van der Waals surface area contributed by atoms with Crippen LogP contribution in [-0.4, -0.2) is 9.78 Å². The lowest BCUT2D eigenvalue weighted by Gasteiger charge is -2.02. The Balaban J connectivity index is 2.29. The molecule has 2 aromatic rings. The van der Waals surface area contributed by atoms with Crippen LogP contribution in [0.15, 0.2) is 36.7 Å². The van der Waals surface area contributed by atoms with Crippen molar-refractivity contribution in [3.8, 4) is 6.07 Å². The van der Waals surface area contributed by atoms with Gasteiger partial charge in [0.15, 0.2) is 0 Å². The summed E-state index contributed by atoms with van der Waals surface area (Å²) >= 11 is 0. The molecule has 0 aliphatic heterocycles. The summed E-state index contributed by atoms with van der Waals surface area (Å²) in [7, 11) is 0. The second-order valence-corrected chi connectivity index (χ2v) is 3.16. The van der Waals surface area contributed by atoms with Gasteiger partial charge in [-0.3, -0.25) is 4.68 Å². The molecule has 0 aliphatic rings. The fourth-order valence-electron chi connectivity index (χ4n) is 1.39. The van der Waals surface area contributed by atoms with E-state index in [-0.39, 0.29) is 0 Å². The number of nitrogens with zero attached hydrogens (tertiary/aromatic N) is 3. The lowest BCUT2D eigenvalue weighted by atomic mass is 10.1. The van der Waals surface area contributed by atoms with E-state index in [0.717, 1.165) is 5.56 Å². The first-order chi connectivity index (χ1) is 7.28. The first-order valence-electron chi connectivity index (χ1n) is 4.45. The molecule has 0 N–H and O–H groups in total. The molecule has 1 aromatic carbocycles. The first kappa shape index (κ1) is 9.41.